The lowest BCUT2D eigenvalue weighted by atomic mass is 10.3. The molecule has 0 unspecified atom stereocenters. The van der Waals surface area contributed by atoms with E-state index in [0.29, 0.717) is 19.8 Å². The molecule has 0 bridgehead atoms. The molecular weight excluding hydrogens is 246 g/mol. The Morgan fingerprint density at radius 3 is 2.37 bits per heavy atom. The number of nitrogens with one attached hydrogen (secondary N) is 1. The Morgan fingerprint density at radius 2 is 1.79 bits per heavy atom. The number of benzene rings is 1. The normalized spacial score (nSPS) is 12.2. The van der Waals surface area contributed by atoms with E-state index in [1.807, 2.05) is 31.2 Å². The molecule has 1 aromatic carbocycles. The fourth-order valence-corrected chi connectivity index (χ4v) is 1.49. The highest BCUT2D eigenvalue weighted by Gasteiger charge is 2.04. The van der Waals surface area contributed by atoms with Crippen molar-refractivity contribution in [2.75, 3.05) is 40.0 Å². The Hall–Kier alpha value is -1.30. The van der Waals surface area contributed by atoms with Crippen molar-refractivity contribution < 1.29 is 19.3 Å². The Bertz CT molecular complexity index is 329. The number of ether oxygens (including phenoxy) is 3. The van der Waals surface area contributed by atoms with Gasteiger partial charge in [-0.2, -0.15) is 0 Å². The summed E-state index contributed by atoms with van der Waals surface area (Å²) in [4.78, 5) is 0. The highest BCUT2D eigenvalue weighted by atomic mass is 16.5. The number of methoxy groups -OCH3 is 1. The number of rotatable bonds is 10. The molecule has 0 aliphatic carbocycles. The molecule has 5 heteroatoms. The molecule has 0 aliphatic rings. The van der Waals surface area contributed by atoms with E-state index in [1.165, 1.54) is 0 Å². The topological polar surface area (TPSA) is 60.0 Å². The Morgan fingerprint density at radius 1 is 1.16 bits per heavy atom. The number of hydrogen-bond acceptors (Lipinski definition) is 5. The summed E-state index contributed by atoms with van der Waals surface area (Å²) in [6.45, 7) is 4.68. The Balaban J connectivity index is 2.20. The highest BCUT2D eigenvalue weighted by Crippen LogP contribution is 2.17. The van der Waals surface area contributed by atoms with Gasteiger partial charge in [0.1, 0.15) is 24.2 Å². The smallest absolute Gasteiger partial charge is 0.119 e. The Kier molecular flexibility index (Phi) is 7.97. The molecule has 1 rings (SSSR count). The van der Waals surface area contributed by atoms with Gasteiger partial charge in [0.2, 0.25) is 0 Å². The molecule has 0 heterocycles. The van der Waals surface area contributed by atoms with Crippen molar-refractivity contribution >= 4 is 0 Å². The quantitative estimate of drug-likeness (QED) is 0.622. The Labute approximate surface area is 114 Å². The maximum absolute atomic E-state index is 9.70. The average molecular weight is 269 g/mol. The van der Waals surface area contributed by atoms with Crippen LogP contribution in [0.15, 0.2) is 24.3 Å². The predicted molar refractivity (Wildman–Crippen MR) is 73.9 cm³/mol. The van der Waals surface area contributed by atoms with E-state index in [-0.39, 0.29) is 6.61 Å². The van der Waals surface area contributed by atoms with E-state index in [0.717, 1.165) is 18.0 Å². The standard InChI is InChI=1S/C14H23NO4/c1-3-18-13-4-6-14(7-5-13)19-11-12(16)10-15-8-9-17-2/h4-7,12,15-16H,3,8-11H2,1-2H3/t12-/m1/s1. The second-order valence-electron chi connectivity index (χ2n) is 4.07. The van der Waals surface area contributed by atoms with Gasteiger partial charge in [-0.05, 0) is 31.2 Å². The van der Waals surface area contributed by atoms with Crippen LogP contribution in [0.4, 0.5) is 0 Å². The molecule has 0 saturated heterocycles. The third-order valence-electron chi connectivity index (χ3n) is 2.44. The molecule has 0 spiro atoms. The van der Waals surface area contributed by atoms with Gasteiger partial charge in [0, 0.05) is 20.2 Å². The molecule has 0 aromatic heterocycles. The van der Waals surface area contributed by atoms with Crippen LogP contribution in [-0.2, 0) is 4.74 Å². The minimum Gasteiger partial charge on any atom is -0.494 e. The number of aliphatic hydroxyl groups excluding tert-OH is 1. The van der Waals surface area contributed by atoms with E-state index in [4.69, 9.17) is 14.2 Å². The summed E-state index contributed by atoms with van der Waals surface area (Å²) in [5.74, 6) is 1.54. The first-order valence-corrected chi connectivity index (χ1v) is 6.49. The largest absolute Gasteiger partial charge is 0.494 e. The van der Waals surface area contributed by atoms with Crippen molar-refractivity contribution in [3.63, 3.8) is 0 Å². The average Bonchev–Trinajstić information content (AvgIpc) is 2.43. The zero-order valence-electron chi connectivity index (χ0n) is 11.6. The van der Waals surface area contributed by atoms with Crippen LogP contribution in [0.5, 0.6) is 11.5 Å². The SMILES string of the molecule is CCOc1ccc(OC[C@H](O)CNCCOC)cc1. The number of aliphatic hydroxyl groups is 1. The summed E-state index contributed by atoms with van der Waals surface area (Å²) in [5.41, 5.74) is 0. The number of hydrogen-bond donors (Lipinski definition) is 2. The fourth-order valence-electron chi connectivity index (χ4n) is 1.49. The monoisotopic (exact) mass is 269 g/mol. The van der Waals surface area contributed by atoms with E-state index >= 15 is 0 Å². The van der Waals surface area contributed by atoms with Gasteiger partial charge in [-0.3, -0.25) is 0 Å². The van der Waals surface area contributed by atoms with E-state index in [1.54, 1.807) is 7.11 Å². The first-order chi connectivity index (χ1) is 9.26. The lowest BCUT2D eigenvalue weighted by Gasteiger charge is -2.13. The summed E-state index contributed by atoms with van der Waals surface area (Å²) in [6.07, 6.45) is -0.538. The molecule has 5 nitrogen and oxygen atoms in total. The van der Waals surface area contributed by atoms with Gasteiger partial charge in [0.25, 0.3) is 0 Å². The summed E-state index contributed by atoms with van der Waals surface area (Å²) in [7, 11) is 1.65. The van der Waals surface area contributed by atoms with E-state index in [2.05, 4.69) is 5.32 Å². The van der Waals surface area contributed by atoms with Gasteiger partial charge in [0.15, 0.2) is 0 Å². The summed E-state index contributed by atoms with van der Waals surface area (Å²) < 4.78 is 15.7. The predicted octanol–water partition coefficient (Wildman–Crippen LogP) is 1.06. The van der Waals surface area contributed by atoms with Crippen LogP contribution in [0.3, 0.4) is 0 Å². The van der Waals surface area contributed by atoms with Gasteiger partial charge in [-0.1, -0.05) is 0 Å². The molecule has 0 radical (unpaired) electrons. The molecule has 0 amide bonds. The minimum atomic E-state index is -0.538. The van der Waals surface area contributed by atoms with Crippen molar-refractivity contribution in [1.82, 2.24) is 5.32 Å². The third kappa shape index (κ3) is 7.00. The lowest BCUT2D eigenvalue weighted by Crippen LogP contribution is -2.33. The molecule has 1 atom stereocenters. The van der Waals surface area contributed by atoms with Crippen LogP contribution in [0.25, 0.3) is 0 Å². The summed E-state index contributed by atoms with van der Waals surface area (Å²) in [5, 5.41) is 12.8. The van der Waals surface area contributed by atoms with Gasteiger partial charge < -0.3 is 24.6 Å². The molecule has 19 heavy (non-hydrogen) atoms. The fraction of sp³-hybridized carbons (Fsp3) is 0.571. The van der Waals surface area contributed by atoms with Crippen LogP contribution in [-0.4, -0.2) is 51.2 Å². The first-order valence-electron chi connectivity index (χ1n) is 6.49. The third-order valence-corrected chi connectivity index (χ3v) is 2.44. The van der Waals surface area contributed by atoms with Crippen LogP contribution < -0.4 is 14.8 Å². The van der Waals surface area contributed by atoms with E-state index < -0.39 is 6.10 Å². The van der Waals surface area contributed by atoms with E-state index in [9.17, 15) is 5.11 Å². The second-order valence-corrected chi connectivity index (χ2v) is 4.07. The van der Waals surface area contributed by atoms with Crippen molar-refractivity contribution in [2.45, 2.75) is 13.0 Å². The molecule has 0 aliphatic heterocycles. The molecule has 108 valence electrons. The van der Waals surface area contributed by atoms with Gasteiger partial charge >= 0.3 is 0 Å². The van der Waals surface area contributed by atoms with Gasteiger partial charge in [-0.25, -0.2) is 0 Å². The van der Waals surface area contributed by atoms with Crippen LogP contribution >= 0.6 is 0 Å². The van der Waals surface area contributed by atoms with Crippen molar-refractivity contribution in [2.24, 2.45) is 0 Å². The van der Waals surface area contributed by atoms with Crippen LogP contribution in [0, 0.1) is 0 Å². The molecule has 2 N–H and O–H groups in total. The molecule has 0 saturated carbocycles. The first kappa shape index (κ1) is 15.8. The zero-order chi connectivity index (χ0) is 13.9. The molecular formula is C14H23NO4. The zero-order valence-corrected chi connectivity index (χ0v) is 11.6. The van der Waals surface area contributed by atoms with Crippen LogP contribution in [0.2, 0.25) is 0 Å². The molecule has 1 aromatic rings. The van der Waals surface area contributed by atoms with Gasteiger partial charge in [-0.15, -0.1) is 0 Å². The lowest BCUT2D eigenvalue weighted by molar-refractivity contribution is 0.103. The highest BCUT2D eigenvalue weighted by molar-refractivity contribution is 5.31. The minimum absolute atomic E-state index is 0.258. The van der Waals surface area contributed by atoms with Crippen LogP contribution in [0.1, 0.15) is 6.92 Å². The maximum atomic E-state index is 9.70. The van der Waals surface area contributed by atoms with Crippen molar-refractivity contribution in [3.8, 4) is 11.5 Å². The maximum Gasteiger partial charge on any atom is 0.119 e. The van der Waals surface area contributed by atoms with Crippen molar-refractivity contribution in [3.05, 3.63) is 24.3 Å². The van der Waals surface area contributed by atoms with Crippen molar-refractivity contribution in [1.29, 1.82) is 0 Å². The molecule has 0 fully saturated rings. The van der Waals surface area contributed by atoms with Gasteiger partial charge in [0.05, 0.1) is 13.2 Å². The summed E-state index contributed by atoms with van der Waals surface area (Å²) in [6, 6.07) is 7.36. The second kappa shape index (κ2) is 9.61. The summed E-state index contributed by atoms with van der Waals surface area (Å²) >= 11 is 0.